The normalized spacial score (nSPS) is 19.1. The molecule has 6 nitrogen and oxygen atoms in total. The van der Waals surface area contributed by atoms with E-state index in [1.54, 1.807) is 0 Å². The van der Waals surface area contributed by atoms with Crippen LogP contribution in [0.2, 0.25) is 0 Å². The number of hydrogen-bond donors (Lipinski definition) is 2. The van der Waals surface area contributed by atoms with Crippen LogP contribution < -0.4 is 10.9 Å². The number of carbonyl (C=O) groups is 1. The van der Waals surface area contributed by atoms with Crippen LogP contribution in [-0.4, -0.2) is 46.7 Å². The summed E-state index contributed by atoms with van der Waals surface area (Å²) >= 11 is 0. The molecule has 1 atom stereocenters. The van der Waals surface area contributed by atoms with E-state index >= 15 is 0 Å². The highest BCUT2D eigenvalue weighted by Gasteiger charge is 2.24. The highest BCUT2D eigenvalue weighted by Crippen LogP contribution is 2.15. The minimum absolute atomic E-state index is 0.109. The summed E-state index contributed by atoms with van der Waals surface area (Å²) in [5.74, 6) is 0.361. The van der Waals surface area contributed by atoms with Gasteiger partial charge in [-0.05, 0) is 51.8 Å². The first kappa shape index (κ1) is 14.7. The first-order valence-electron chi connectivity index (χ1n) is 7.15. The minimum atomic E-state index is -0.297. The molecule has 20 heavy (non-hydrogen) atoms. The second kappa shape index (κ2) is 6.65. The van der Waals surface area contributed by atoms with Crippen molar-refractivity contribution in [2.75, 3.05) is 19.6 Å². The average molecular weight is 278 g/mol. The summed E-state index contributed by atoms with van der Waals surface area (Å²) in [5.41, 5.74) is -0.00352. The van der Waals surface area contributed by atoms with Gasteiger partial charge in [0.15, 0.2) is 0 Å². The molecule has 6 heteroatoms. The predicted octanol–water partition coefficient (Wildman–Crippen LogP) is 0.620. The van der Waals surface area contributed by atoms with Crippen LogP contribution in [0.25, 0.3) is 0 Å². The van der Waals surface area contributed by atoms with Crippen LogP contribution in [0.15, 0.2) is 16.9 Å². The Labute approximate surface area is 118 Å². The first-order chi connectivity index (χ1) is 9.58. The molecule has 0 aromatic carbocycles. The summed E-state index contributed by atoms with van der Waals surface area (Å²) in [6.07, 6.45) is 2.30. The maximum atomic E-state index is 12.5. The summed E-state index contributed by atoms with van der Waals surface area (Å²) in [4.78, 5) is 25.3. The quantitative estimate of drug-likeness (QED) is 0.846. The molecule has 0 saturated carbocycles. The number of aromatic amines is 1. The van der Waals surface area contributed by atoms with E-state index < -0.39 is 0 Å². The molecule has 0 radical (unpaired) electrons. The van der Waals surface area contributed by atoms with Gasteiger partial charge in [0.25, 0.3) is 11.5 Å². The standard InChI is InChI=1S/C14H22N4O2/c1-10(2)18(9-11-4-3-7-15-8-11)14(20)12-5-6-13(19)17-16-12/h5-6,10-11,15H,3-4,7-9H2,1-2H3,(H,17,19). The van der Waals surface area contributed by atoms with Gasteiger partial charge in [-0.1, -0.05) is 0 Å². The van der Waals surface area contributed by atoms with Crippen molar-refractivity contribution in [1.82, 2.24) is 20.4 Å². The molecule has 0 bridgehead atoms. The number of amides is 1. The van der Waals surface area contributed by atoms with Gasteiger partial charge in [-0.15, -0.1) is 0 Å². The van der Waals surface area contributed by atoms with E-state index in [1.807, 2.05) is 18.7 Å². The zero-order valence-electron chi connectivity index (χ0n) is 12.1. The minimum Gasteiger partial charge on any atom is -0.335 e. The van der Waals surface area contributed by atoms with Crippen molar-refractivity contribution < 1.29 is 4.79 Å². The second-order valence-electron chi connectivity index (χ2n) is 5.57. The molecule has 1 saturated heterocycles. The van der Waals surface area contributed by atoms with Crippen LogP contribution in [0.4, 0.5) is 0 Å². The predicted molar refractivity (Wildman–Crippen MR) is 76.6 cm³/mol. The Kier molecular flexibility index (Phi) is 4.89. The lowest BCUT2D eigenvalue weighted by atomic mass is 9.98. The Hall–Kier alpha value is -1.69. The Morgan fingerprint density at radius 1 is 1.50 bits per heavy atom. The lowest BCUT2D eigenvalue weighted by molar-refractivity contribution is 0.0653. The summed E-state index contributed by atoms with van der Waals surface area (Å²) < 4.78 is 0. The molecule has 1 aromatic rings. The SMILES string of the molecule is CC(C)N(CC1CCCNC1)C(=O)c1ccc(=O)[nH]n1. The first-order valence-corrected chi connectivity index (χ1v) is 7.15. The van der Waals surface area contributed by atoms with Crippen molar-refractivity contribution in [3.8, 4) is 0 Å². The largest absolute Gasteiger partial charge is 0.335 e. The maximum absolute atomic E-state index is 12.5. The Morgan fingerprint density at radius 2 is 2.30 bits per heavy atom. The Bertz CT molecular complexity index is 486. The van der Waals surface area contributed by atoms with Gasteiger partial charge in [0.2, 0.25) is 0 Å². The molecule has 2 heterocycles. The third-order valence-corrected chi connectivity index (χ3v) is 3.64. The monoisotopic (exact) mass is 278 g/mol. The summed E-state index contributed by atoms with van der Waals surface area (Å²) in [6.45, 7) is 6.74. The average Bonchev–Trinajstić information content (AvgIpc) is 2.45. The van der Waals surface area contributed by atoms with Crippen LogP contribution in [0.3, 0.4) is 0 Å². The number of nitrogens with one attached hydrogen (secondary N) is 2. The van der Waals surface area contributed by atoms with Crippen LogP contribution in [-0.2, 0) is 0 Å². The van der Waals surface area contributed by atoms with Crippen LogP contribution in [0, 0.1) is 5.92 Å². The fourth-order valence-electron chi connectivity index (χ4n) is 2.50. The van der Waals surface area contributed by atoms with E-state index in [1.165, 1.54) is 12.1 Å². The molecule has 110 valence electrons. The number of carbonyl (C=O) groups excluding carboxylic acids is 1. The van der Waals surface area contributed by atoms with E-state index in [0.717, 1.165) is 32.5 Å². The van der Waals surface area contributed by atoms with Crippen molar-refractivity contribution in [3.05, 3.63) is 28.2 Å². The number of rotatable bonds is 4. The van der Waals surface area contributed by atoms with Crippen LogP contribution >= 0.6 is 0 Å². The molecule has 1 amide bonds. The Morgan fingerprint density at radius 3 is 2.85 bits per heavy atom. The zero-order valence-corrected chi connectivity index (χ0v) is 12.1. The number of hydrogen-bond acceptors (Lipinski definition) is 4. The lowest BCUT2D eigenvalue weighted by Crippen LogP contribution is -2.44. The second-order valence-corrected chi connectivity index (χ2v) is 5.57. The maximum Gasteiger partial charge on any atom is 0.274 e. The number of aromatic nitrogens is 2. The van der Waals surface area contributed by atoms with Gasteiger partial charge in [-0.3, -0.25) is 9.59 Å². The fourth-order valence-corrected chi connectivity index (χ4v) is 2.50. The van der Waals surface area contributed by atoms with E-state index in [-0.39, 0.29) is 17.5 Å². The van der Waals surface area contributed by atoms with Gasteiger partial charge >= 0.3 is 0 Å². The smallest absolute Gasteiger partial charge is 0.274 e. The van der Waals surface area contributed by atoms with Gasteiger partial charge in [0.05, 0.1) is 0 Å². The van der Waals surface area contributed by atoms with Crippen molar-refractivity contribution in [1.29, 1.82) is 0 Å². The lowest BCUT2D eigenvalue weighted by Gasteiger charge is -2.32. The van der Waals surface area contributed by atoms with Crippen molar-refractivity contribution in [2.45, 2.75) is 32.7 Å². The van der Waals surface area contributed by atoms with E-state index in [0.29, 0.717) is 11.6 Å². The van der Waals surface area contributed by atoms with Crippen LogP contribution in [0.1, 0.15) is 37.2 Å². The third-order valence-electron chi connectivity index (χ3n) is 3.64. The molecule has 1 fully saturated rings. The van der Waals surface area contributed by atoms with Gasteiger partial charge in [-0.2, -0.15) is 5.10 Å². The van der Waals surface area contributed by atoms with Gasteiger partial charge in [-0.25, -0.2) is 5.10 Å². The molecule has 1 aromatic heterocycles. The summed E-state index contributed by atoms with van der Waals surface area (Å²) in [5, 5.41) is 9.51. The van der Waals surface area contributed by atoms with Crippen molar-refractivity contribution >= 4 is 5.91 Å². The molecule has 1 unspecified atom stereocenters. The number of H-pyrrole nitrogens is 1. The highest BCUT2D eigenvalue weighted by molar-refractivity contribution is 5.92. The van der Waals surface area contributed by atoms with Crippen LogP contribution in [0.5, 0.6) is 0 Å². The van der Waals surface area contributed by atoms with E-state index in [4.69, 9.17) is 0 Å². The topological polar surface area (TPSA) is 78.1 Å². The number of piperidine rings is 1. The van der Waals surface area contributed by atoms with Gasteiger partial charge < -0.3 is 10.2 Å². The molecule has 1 aliphatic rings. The molecule has 1 aliphatic heterocycles. The van der Waals surface area contributed by atoms with Gasteiger partial charge in [0, 0.05) is 18.7 Å². The fraction of sp³-hybridized carbons (Fsp3) is 0.643. The Balaban J connectivity index is 2.08. The molecular formula is C14H22N4O2. The summed E-state index contributed by atoms with van der Waals surface area (Å²) in [7, 11) is 0. The van der Waals surface area contributed by atoms with E-state index in [9.17, 15) is 9.59 Å². The van der Waals surface area contributed by atoms with Crippen molar-refractivity contribution in [3.63, 3.8) is 0 Å². The number of nitrogens with zero attached hydrogens (tertiary/aromatic N) is 2. The zero-order chi connectivity index (χ0) is 14.5. The molecule has 2 rings (SSSR count). The van der Waals surface area contributed by atoms with E-state index in [2.05, 4.69) is 15.5 Å². The van der Waals surface area contributed by atoms with Crippen molar-refractivity contribution in [2.24, 2.45) is 5.92 Å². The third kappa shape index (κ3) is 3.66. The molecule has 2 N–H and O–H groups in total. The molecule has 0 spiro atoms. The molecule has 0 aliphatic carbocycles. The van der Waals surface area contributed by atoms with Gasteiger partial charge in [0.1, 0.15) is 5.69 Å². The molecular weight excluding hydrogens is 256 g/mol. The summed E-state index contributed by atoms with van der Waals surface area (Å²) in [6, 6.07) is 2.93. The highest BCUT2D eigenvalue weighted by atomic mass is 16.2.